The predicted octanol–water partition coefficient (Wildman–Crippen LogP) is 2.96. The van der Waals surface area contributed by atoms with E-state index in [1.165, 1.54) is 11.3 Å². The Morgan fingerprint density at radius 3 is 2.52 bits per heavy atom. The van der Waals surface area contributed by atoms with E-state index in [0.29, 0.717) is 19.6 Å². The smallest absolute Gasteiger partial charge is 0.263 e. The third kappa shape index (κ3) is 4.24. The van der Waals surface area contributed by atoms with Gasteiger partial charge in [0.1, 0.15) is 5.75 Å². The maximum Gasteiger partial charge on any atom is 0.263 e. The summed E-state index contributed by atoms with van der Waals surface area (Å²) in [7, 11) is 1.69. The third-order valence-electron chi connectivity index (χ3n) is 5.81. The average Bonchev–Trinajstić information content (AvgIpc) is 3.33. The Balaban J connectivity index is 1.35. The van der Waals surface area contributed by atoms with Crippen molar-refractivity contribution in [3.05, 3.63) is 46.7 Å². The molecule has 3 heterocycles. The van der Waals surface area contributed by atoms with Crippen molar-refractivity contribution in [2.75, 3.05) is 51.3 Å². The van der Waals surface area contributed by atoms with Crippen molar-refractivity contribution in [2.24, 2.45) is 5.92 Å². The minimum atomic E-state index is -0.0922. The summed E-state index contributed by atoms with van der Waals surface area (Å²) in [6, 6.07) is 11.8. The Morgan fingerprint density at radius 2 is 1.79 bits per heavy atom. The van der Waals surface area contributed by atoms with Gasteiger partial charge in [0.15, 0.2) is 0 Å². The molecule has 29 heavy (non-hydrogen) atoms. The van der Waals surface area contributed by atoms with Gasteiger partial charge in [0.05, 0.1) is 23.6 Å². The summed E-state index contributed by atoms with van der Waals surface area (Å²) in [5.41, 5.74) is 1.08. The molecule has 0 saturated carbocycles. The molecule has 0 spiro atoms. The van der Waals surface area contributed by atoms with Crippen LogP contribution in [-0.2, 0) is 4.79 Å². The molecule has 1 aromatic heterocycles. The minimum absolute atomic E-state index is 0.0542. The number of carbonyl (C=O) groups excluding carboxylic acids is 2. The van der Waals surface area contributed by atoms with Gasteiger partial charge in [-0.3, -0.25) is 9.59 Å². The van der Waals surface area contributed by atoms with Gasteiger partial charge in [-0.1, -0.05) is 18.2 Å². The Labute approximate surface area is 175 Å². The largest absolute Gasteiger partial charge is 0.495 e. The number of piperidine rings is 1. The van der Waals surface area contributed by atoms with Gasteiger partial charge in [0.25, 0.3) is 5.91 Å². The van der Waals surface area contributed by atoms with E-state index in [0.717, 1.165) is 48.8 Å². The molecule has 1 atom stereocenters. The second kappa shape index (κ2) is 8.86. The number of nitrogens with zero attached hydrogens (tertiary/aromatic N) is 3. The summed E-state index contributed by atoms with van der Waals surface area (Å²) < 4.78 is 5.47. The number of piperazine rings is 1. The van der Waals surface area contributed by atoms with Gasteiger partial charge in [0.2, 0.25) is 5.91 Å². The van der Waals surface area contributed by atoms with Gasteiger partial charge in [-0.15, -0.1) is 11.3 Å². The molecule has 1 aromatic carbocycles. The summed E-state index contributed by atoms with van der Waals surface area (Å²) >= 11 is 1.46. The van der Waals surface area contributed by atoms with Crippen LogP contribution in [0.25, 0.3) is 0 Å². The molecule has 1 unspecified atom stereocenters. The van der Waals surface area contributed by atoms with Crippen LogP contribution in [0.15, 0.2) is 41.8 Å². The SMILES string of the molecule is COc1ccccc1N1CCN(C(=O)C2CCCN(C(=O)c3cccs3)C2)CC1. The fourth-order valence-corrected chi connectivity index (χ4v) is 4.93. The number of thiophene rings is 1. The molecule has 2 saturated heterocycles. The first-order valence-electron chi connectivity index (χ1n) is 10.2. The number of ether oxygens (including phenoxy) is 1. The highest BCUT2D eigenvalue weighted by Crippen LogP contribution is 2.29. The lowest BCUT2D eigenvalue weighted by Gasteiger charge is -2.40. The highest BCUT2D eigenvalue weighted by Gasteiger charge is 2.33. The van der Waals surface area contributed by atoms with E-state index in [4.69, 9.17) is 4.74 Å². The van der Waals surface area contributed by atoms with Crippen LogP contribution in [0.2, 0.25) is 0 Å². The number of carbonyl (C=O) groups is 2. The van der Waals surface area contributed by atoms with Gasteiger partial charge in [0, 0.05) is 39.3 Å². The number of hydrogen-bond acceptors (Lipinski definition) is 5. The van der Waals surface area contributed by atoms with E-state index in [1.54, 1.807) is 7.11 Å². The van der Waals surface area contributed by atoms with Crippen LogP contribution >= 0.6 is 11.3 Å². The lowest BCUT2D eigenvalue weighted by atomic mass is 9.96. The number of hydrogen-bond donors (Lipinski definition) is 0. The number of methoxy groups -OCH3 is 1. The highest BCUT2D eigenvalue weighted by molar-refractivity contribution is 7.12. The van der Waals surface area contributed by atoms with E-state index in [9.17, 15) is 9.59 Å². The normalized spacial score (nSPS) is 19.9. The first-order chi connectivity index (χ1) is 14.2. The number of para-hydroxylation sites is 2. The first-order valence-corrected chi connectivity index (χ1v) is 11.0. The quantitative estimate of drug-likeness (QED) is 0.773. The van der Waals surface area contributed by atoms with Crippen LogP contribution in [0.1, 0.15) is 22.5 Å². The zero-order valence-corrected chi connectivity index (χ0v) is 17.6. The molecule has 0 aliphatic carbocycles. The molecule has 2 fully saturated rings. The fraction of sp³-hybridized carbons (Fsp3) is 0.455. The number of rotatable bonds is 4. The molecule has 154 valence electrons. The molecule has 6 nitrogen and oxygen atoms in total. The van der Waals surface area contributed by atoms with Gasteiger partial charge in [-0.05, 0) is 36.4 Å². The van der Waals surface area contributed by atoms with Gasteiger partial charge < -0.3 is 19.4 Å². The van der Waals surface area contributed by atoms with E-state index in [-0.39, 0.29) is 17.7 Å². The molecular weight excluding hydrogens is 386 g/mol. The number of likely N-dealkylation sites (tertiary alicyclic amines) is 1. The van der Waals surface area contributed by atoms with Crippen molar-refractivity contribution in [1.29, 1.82) is 0 Å². The monoisotopic (exact) mass is 413 g/mol. The molecule has 2 amide bonds. The number of amides is 2. The van der Waals surface area contributed by atoms with Crippen LogP contribution < -0.4 is 9.64 Å². The zero-order valence-electron chi connectivity index (χ0n) is 16.8. The summed E-state index contributed by atoms with van der Waals surface area (Å²) in [5, 5.41) is 1.92. The van der Waals surface area contributed by atoms with E-state index >= 15 is 0 Å². The topological polar surface area (TPSA) is 53.1 Å². The third-order valence-corrected chi connectivity index (χ3v) is 6.66. The standard InChI is InChI=1S/C22H27N3O3S/c1-28-19-8-3-2-7-18(19)23-11-13-24(14-12-23)21(26)17-6-4-10-25(16-17)22(27)20-9-5-15-29-20/h2-3,5,7-9,15,17H,4,6,10-14,16H2,1H3. The van der Waals surface area contributed by atoms with Gasteiger partial charge in [-0.25, -0.2) is 0 Å². The van der Waals surface area contributed by atoms with Crippen LogP contribution in [0.5, 0.6) is 5.75 Å². The number of anilines is 1. The van der Waals surface area contributed by atoms with Crippen LogP contribution in [-0.4, -0.2) is 68.0 Å². The lowest BCUT2D eigenvalue weighted by Crippen LogP contribution is -2.53. The Morgan fingerprint density at radius 1 is 1.00 bits per heavy atom. The van der Waals surface area contributed by atoms with Gasteiger partial charge >= 0.3 is 0 Å². The van der Waals surface area contributed by atoms with Crippen molar-refractivity contribution < 1.29 is 14.3 Å². The Bertz CT molecular complexity index is 847. The van der Waals surface area contributed by atoms with Crippen LogP contribution in [0.3, 0.4) is 0 Å². The van der Waals surface area contributed by atoms with Crippen LogP contribution in [0, 0.1) is 5.92 Å². The molecule has 7 heteroatoms. The minimum Gasteiger partial charge on any atom is -0.495 e. The maximum absolute atomic E-state index is 13.1. The predicted molar refractivity (Wildman–Crippen MR) is 115 cm³/mol. The maximum atomic E-state index is 13.1. The van der Waals surface area contributed by atoms with Crippen molar-refractivity contribution in [2.45, 2.75) is 12.8 Å². The van der Waals surface area contributed by atoms with E-state index in [2.05, 4.69) is 11.0 Å². The van der Waals surface area contributed by atoms with Crippen molar-refractivity contribution in [1.82, 2.24) is 9.80 Å². The molecule has 0 N–H and O–H groups in total. The second-order valence-corrected chi connectivity index (χ2v) is 8.50. The fourth-order valence-electron chi connectivity index (χ4n) is 4.24. The molecule has 4 rings (SSSR count). The lowest BCUT2D eigenvalue weighted by molar-refractivity contribution is -0.137. The molecule has 2 aromatic rings. The summed E-state index contributed by atoms with van der Waals surface area (Å²) in [6.45, 7) is 4.25. The molecule has 2 aliphatic rings. The van der Waals surface area contributed by atoms with E-state index < -0.39 is 0 Å². The van der Waals surface area contributed by atoms with Gasteiger partial charge in [-0.2, -0.15) is 0 Å². The summed E-state index contributed by atoms with van der Waals surface area (Å²) in [6.07, 6.45) is 1.74. The van der Waals surface area contributed by atoms with E-state index in [1.807, 2.05) is 45.5 Å². The first kappa shape index (κ1) is 19.8. The summed E-state index contributed by atoms with van der Waals surface area (Å²) in [4.78, 5) is 32.6. The average molecular weight is 414 g/mol. The van der Waals surface area contributed by atoms with Crippen molar-refractivity contribution in [3.63, 3.8) is 0 Å². The number of benzene rings is 1. The van der Waals surface area contributed by atoms with Crippen LogP contribution in [0.4, 0.5) is 5.69 Å². The molecule has 2 aliphatic heterocycles. The highest BCUT2D eigenvalue weighted by atomic mass is 32.1. The van der Waals surface area contributed by atoms with Crippen molar-refractivity contribution in [3.8, 4) is 5.75 Å². The second-order valence-electron chi connectivity index (χ2n) is 7.55. The van der Waals surface area contributed by atoms with Crippen molar-refractivity contribution >= 4 is 28.8 Å². The zero-order chi connectivity index (χ0) is 20.2. The molecule has 0 bridgehead atoms. The summed E-state index contributed by atoms with van der Waals surface area (Å²) in [5.74, 6) is 1.01. The Hall–Kier alpha value is -2.54. The molecule has 0 radical (unpaired) electrons. The Kier molecular flexibility index (Phi) is 6.04. The molecular formula is C22H27N3O3S.